The molecule has 0 aliphatic carbocycles. The summed E-state index contributed by atoms with van der Waals surface area (Å²) >= 11 is 5.63. The highest BCUT2D eigenvalue weighted by Crippen LogP contribution is 2.21. The van der Waals surface area contributed by atoms with E-state index in [0.29, 0.717) is 6.42 Å². The fourth-order valence-electron chi connectivity index (χ4n) is 1.73. The maximum absolute atomic E-state index is 12.5. The fourth-order valence-corrected chi connectivity index (χ4v) is 4.90. The Morgan fingerprint density at radius 2 is 2.09 bits per heavy atom. The van der Waals surface area contributed by atoms with Crippen LogP contribution in [-0.4, -0.2) is 25.3 Å². The normalized spacial score (nSPS) is 12.4. The minimum atomic E-state index is -3.85. The molecule has 0 amide bonds. The van der Waals surface area contributed by atoms with Crippen molar-refractivity contribution in [2.75, 3.05) is 11.5 Å². The molecule has 5 nitrogen and oxygen atoms in total. The van der Waals surface area contributed by atoms with Crippen LogP contribution in [0.2, 0.25) is 0 Å². The first-order valence-corrected chi connectivity index (χ1v) is 9.84. The van der Waals surface area contributed by atoms with Crippen molar-refractivity contribution >= 4 is 34.4 Å². The summed E-state index contributed by atoms with van der Waals surface area (Å²) < 4.78 is 27.6. The molecule has 118 valence electrons. The zero-order valence-electron chi connectivity index (χ0n) is 12.1. The summed E-state index contributed by atoms with van der Waals surface area (Å²) in [5.41, 5.74) is -0.0612. The predicted molar refractivity (Wildman–Crippen MR) is 91.2 cm³/mol. The van der Waals surface area contributed by atoms with Crippen LogP contribution >= 0.6 is 24.4 Å². The first kappa shape index (κ1) is 18.9. The summed E-state index contributed by atoms with van der Waals surface area (Å²) in [6.45, 7) is 1.89. The first-order chi connectivity index (χ1) is 10.5. The molecule has 8 heteroatoms. The summed E-state index contributed by atoms with van der Waals surface area (Å²) in [7, 11) is -3.85. The first-order valence-electron chi connectivity index (χ1n) is 6.68. The van der Waals surface area contributed by atoms with Gasteiger partial charge in [-0.3, -0.25) is 0 Å². The SMILES string of the molecule is CCC(NS(=O)(=O)c1cccc(C#N)c1C#N)SCCCS. The summed E-state index contributed by atoms with van der Waals surface area (Å²) in [6.07, 6.45) is 1.51. The van der Waals surface area contributed by atoms with E-state index in [9.17, 15) is 8.42 Å². The van der Waals surface area contributed by atoms with Crippen LogP contribution in [-0.2, 0) is 10.0 Å². The van der Waals surface area contributed by atoms with Crippen LogP contribution in [0.4, 0.5) is 0 Å². The van der Waals surface area contributed by atoms with Gasteiger partial charge in [-0.05, 0) is 36.5 Å². The fraction of sp³-hybridized carbons (Fsp3) is 0.429. The van der Waals surface area contributed by atoms with Crippen LogP contribution in [0.1, 0.15) is 30.9 Å². The largest absolute Gasteiger partial charge is 0.242 e. The van der Waals surface area contributed by atoms with Crippen LogP contribution < -0.4 is 4.72 Å². The van der Waals surface area contributed by atoms with E-state index in [1.807, 2.05) is 13.0 Å². The number of thiol groups is 1. The van der Waals surface area contributed by atoms with E-state index in [1.54, 1.807) is 6.07 Å². The predicted octanol–water partition coefficient (Wildman–Crippen LogP) is 2.50. The van der Waals surface area contributed by atoms with Gasteiger partial charge in [-0.15, -0.1) is 11.8 Å². The average molecular weight is 356 g/mol. The summed E-state index contributed by atoms with van der Waals surface area (Å²) in [6, 6.07) is 7.87. The number of thioether (sulfide) groups is 1. The van der Waals surface area contributed by atoms with E-state index in [-0.39, 0.29) is 21.4 Å². The van der Waals surface area contributed by atoms with Gasteiger partial charge in [0.1, 0.15) is 17.0 Å². The van der Waals surface area contributed by atoms with Crippen LogP contribution in [0.25, 0.3) is 0 Å². The monoisotopic (exact) mass is 355 g/mol. The summed E-state index contributed by atoms with van der Waals surface area (Å²) in [4.78, 5) is -0.151. The Hall–Kier alpha value is -1.19. The van der Waals surface area contributed by atoms with Gasteiger partial charge in [-0.2, -0.15) is 27.9 Å². The summed E-state index contributed by atoms with van der Waals surface area (Å²) in [5, 5.41) is 17.9. The highest BCUT2D eigenvalue weighted by molar-refractivity contribution is 8.00. The van der Waals surface area contributed by atoms with Crippen molar-refractivity contribution in [2.24, 2.45) is 0 Å². The molecule has 0 saturated heterocycles. The minimum absolute atomic E-state index is 0.0566. The van der Waals surface area contributed by atoms with Crippen LogP contribution in [0.3, 0.4) is 0 Å². The number of sulfonamides is 1. The highest BCUT2D eigenvalue weighted by Gasteiger charge is 2.23. The van der Waals surface area contributed by atoms with Gasteiger partial charge in [-0.25, -0.2) is 8.42 Å². The van der Waals surface area contributed by atoms with Gasteiger partial charge in [0.05, 0.1) is 16.5 Å². The molecule has 0 aliphatic rings. The molecule has 1 rings (SSSR count). The zero-order valence-corrected chi connectivity index (χ0v) is 14.6. The van der Waals surface area contributed by atoms with Crippen molar-refractivity contribution in [1.29, 1.82) is 10.5 Å². The smallest absolute Gasteiger partial charge is 0.207 e. The molecule has 1 aromatic rings. The number of hydrogen-bond acceptors (Lipinski definition) is 6. The Kier molecular flexibility index (Phi) is 7.77. The molecule has 0 saturated carbocycles. The van der Waals surface area contributed by atoms with Crippen LogP contribution in [0, 0.1) is 22.7 Å². The second-order valence-electron chi connectivity index (χ2n) is 4.37. The number of benzene rings is 1. The summed E-state index contributed by atoms with van der Waals surface area (Å²) in [5.74, 6) is 1.55. The molecule has 0 aliphatic heterocycles. The number of rotatable bonds is 8. The molecule has 22 heavy (non-hydrogen) atoms. The third kappa shape index (κ3) is 4.92. The van der Waals surface area contributed by atoms with Gasteiger partial charge >= 0.3 is 0 Å². The van der Waals surface area contributed by atoms with Gasteiger partial charge < -0.3 is 0 Å². The van der Waals surface area contributed by atoms with E-state index >= 15 is 0 Å². The number of hydrogen-bond donors (Lipinski definition) is 2. The second-order valence-corrected chi connectivity index (χ2v) is 7.81. The third-order valence-electron chi connectivity index (χ3n) is 2.83. The molecule has 0 spiro atoms. The molecule has 1 aromatic carbocycles. The third-order valence-corrected chi connectivity index (χ3v) is 6.18. The van der Waals surface area contributed by atoms with Crippen molar-refractivity contribution in [3.8, 4) is 12.1 Å². The van der Waals surface area contributed by atoms with E-state index in [1.165, 1.54) is 30.0 Å². The maximum Gasteiger partial charge on any atom is 0.242 e. The van der Waals surface area contributed by atoms with Gasteiger partial charge in [-0.1, -0.05) is 13.0 Å². The number of nitrogens with zero attached hydrogens (tertiary/aromatic N) is 2. The Bertz CT molecular complexity index is 690. The molecule has 0 fully saturated rings. The number of nitrogens with one attached hydrogen (secondary N) is 1. The molecular formula is C14H17N3O2S3. The molecule has 0 radical (unpaired) electrons. The second kappa shape index (κ2) is 9.06. The lowest BCUT2D eigenvalue weighted by Crippen LogP contribution is -2.33. The molecule has 0 aromatic heterocycles. The minimum Gasteiger partial charge on any atom is -0.207 e. The lowest BCUT2D eigenvalue weighted by Gasteiger charge is -2.17. The topological polar surface area (TPSA) is 93.8 Å². The van der Waals surface area contributed by atoms with E-state index in [4.69, 9.17) is 10.5 Å². The number of nitriles is 2. The van der Waals surface area contributed by atoms with Crippen molar-refractivity contribution in [3.63, 3.8) is 0 Å². The van der Waals surface area contributed by atoms with Gasteiger partial charge in [0.15, 0.2) is 0 Å². The van der Waals surface area contributed by atoms with E-state index < -0.39 is 10.0 Å². The molecular weight excluding hydrogens is 338 g/mol. The molecule has 1 unspecified atom stereocenters. The van der Waals surface area contributed by atoms with Crippen molar-refractivity contribution in [3.05, 3.63) is 29.3 Å². The Labute approximate surface area is 141 Å². The van der Waals surface area contributed by atoms with Crippen molar-refractivity contribution in [1.82, 2.24) is 4.72 Å². The quantitative estimate of drug-likeness (QED) is 0.424. The average Bonchev–Trinajstić information content (AvgIpc) is 2.52. The Morgan fingerprint density at radius 1 is 1.36 bits per heavy atom. The van der Waals surface area contributed by atoms with Gasteiger partial charge in [0, 0.05) is 0 Å². The van der Waals surface area contributed by atoms with Crippen LogP contribution in [0.15, 0.2) is 23.1 Å². The van der Waals surface area contributed by atoms with Gasteiger partial charge in [0.2, 0.25) is 10.0 Å². The molecule has 1 N–H and O–H groups in total. The zero-order chi connectivity index (χ0) is 16.6. The van der Waals surface area contributed by atoms with Gasteiger partial charge in [0.25, 0.3) is 0 Å². The molecule has 0 bridgehead atoms. The lowest BCUT2D eigenvalue weighted by molar-refractivity contribution is 0.576. The van der Waals surface area contributed by atoms with E-state index in [2.05, 4.69) is 17.4 Å². The standard InChI is InChI=1S/C14H17N3O2S3/c1-2-14(21-8-4-7-20)17-22(18,19)13-6-3-5-11(9-15)12(13)10-16/h3,5-6,14,17,20H,2,4,7-8H2,1H3. The van der Waals surface area contributed by atoms with Crippen LogP contribution in [0.5, 0.6) is 0 Å². The highest BCUT2D eigenvalue weighted by atomic mass is 32.2. The van der Waals surface area contributed by atoms with Crippen molar-refractivity contribution < 1.29 is 8.42 Å². The lowest BCUT2D eigenvalue weighted by atomic mass is 10.1. The van der Waals surface area contributed by atoms with Crippen molar-refractivity contribution in [2.45, 2.75) is 30.0 Å². The Balaban J connectivity index is 3.05. The van der Waals surface area contributed by atoms with E-state index in [0.717, 1.165) is 17.9 Å². The molecule has 0 heterocycles. The Morgan fingerprint density at radius 3 is 2.64 bits per heavy atom. The maximum atomic E-state index is 12.5. The molecule has 1 atom stereocenters.